The quantitative estimate of drug-likeness (QED) is 0.678. The van der Waals surface area contributed by atoms with Gasteiger partial charge < -0.3 is 5.11 Å². The number of rotatable bonds is 1. The summed E-state index contributed by atoms with van der Waals surface area (Å²) in [6, 6.07) is 7.02. The molecule has 2 aromatic rings. The third-order valence-corrected chi connectivity index (χ3v) is 1.58. The summed E-state index contributed by atoms with van der Waals surface area (Å²) >= 11 is 0. The Hall–Kier alpha value is -1.84. The van der Waals surface area contributed by atoms with Gasteiger partial charge in [-0.2, -0.15) is 0 Å². The Labute approximate surface area is 69.1 Å². The third kappa shape index (κ3) is 1.03. The van der Waals surface area contributed by atoms with Crippen LogP contribution in [0.25, 0.3) is 5.69 Å². The lowest BCUT2D eigenvalue weighted by molar-refractivity contribution is 0.472. The maximum Gasteiger partial charge on any atom is 0.139 e. The van der Waals surface area contributed by atoms with E-state index in [1.54, 1.807) is 22.8 Å². The molecule has 0 saturated carbocycles. The SMILES string of the molecule is Oc1ccccc1-n1cnnc1. The van der Waals surface area contributed by atoms with Gasteiger partial charge in [0.05, 0.1) is 5.69 Å². The van der Waals surface area contributed by atoms with E-state index in [0.29, 0.717) is 5.69 Å². The lowest BCUT2D eigenvalue weighted by atomic mass is 10.3. The first-order valence-corrected chi connectivity index (χ1v) is 3.51. The minimum absolute atomic E-state index is 0.220. The largest absolute Gasteiger partial charge is 0.506 e. The summed E-state index contributed by atoms with van der Waals surface area (Å²) in [5, 5.41) is 16.7. The lowest BCUT2D eigenvalue weighted by Crippen LogP contribution is -1.89. The number of phenols is 1. The Bertz CT molecular complexity index is 370. The summed E-state index contributed by atoms with van der Waals surface area (Å²) in [4.78, 5) is 0. The Kier molecular flexibility index (Phi) is 1.51. The van der Waals surface area contributed by atoms with E-state index in [9.17, 15) is 5.11 Å². The van der Waals surface area contributed by atoms with Crippen LogP contribution in [0.1, 0.15) is 0 Å². The number of aromatic nitrogens is 3. The van der Waals surface area contributed by atoms with E-state index < -0.39 is 0 Å². The molecular weight excluding hydrogens is 154 g/mol. The molecule has 0 unspecified atom stereocenters. The summed E-state index contributed by atoms with van der Waals surface area (Å²) in [5.74, 6) is 0.220. The molecule has 1 aromatic carbocycles. The van der Waals surface area contributed by atoms with Gasteiger partial charge in [-0.15, -0.1) is 10.2 Å². The number of hydrogen-bond donors (Lipinski definition) is 1. The van der Waals surface area contributed by atoms with Crippen LogP contribution in [-0.2, 0) is 0 Å². The summed E-state index contributed by atoms with van der Waals surface area (Å²) in [5.41, 5.74) is 0.683. The minimum Gasteiger partial charge on any atom is -0.506 e. The van der Waals surface area contributed by atoms with E-state index >= 15 is 0 Å². The molecule has 12 heavy (non-hydrogen) atoms. The van der Waals surface area contributed by atoms with Crippen LogP contribution in [0.2, 0.25) is 0 Å². The van der Waals surface area contributed by atoms with Gasteiger partial charge in [-0.05, 0) is 12.1 Å². The molecule has 1 aromatic heterocycles. The van der Waals surface area contributed by atoms with E-state index in [2.05, 4.69) is 10.2 Å². The molecule has 0 aliphatic heterocycles. The molecule has 4 nitrogen and oxygen atoms in total. The molecule has 2 rings (SSSR count). The summed E-state index contributed by atoms with van der Waals surface area (Å²) in [6.07, 6.45) is 3.07. The predicted octanol–water partition coefficient (Wildman–Crippen LogP) is 0.973. The highest BCUT2D eigenvalue weighted by molar-refractivity contribution is 5.44. The monoisotopic (exact) mass is 161 g/mol. The highest BCUT2D eigenvalue weighted by atomic mass is 16.3. The minimum atomic E-state index is 0.220. The number of hydrogen-bond acceptors (Lipinski definition) is 3. The van der Waals surface area contributed by atoms with Crippen LogP contribution < -0.4 is 0 Å². The van der Waals surface area contributed by atoms with Crippen LogP contribution in [0.3, 0.4) is 0 Å². The number of aromatic hydroxyl groups is 1. The van der Waals surface area contributed by atoms with Crippen molar-refractivity contribution >= 4 is 0 Å². The Morgan fingerprint density at radius 1 is 1.08 bits per heavy atom. The molecule has 1 N–H and O–H groups in total. The van der Waals surface area contributed by atoms with Crippen molar-refractivity contribution in [1.82, 2.24) is 14.8 Å². The van der Waals surface area contributed by atoms with Crippen LogP contribution >= 0.6 is 0 Å². The van der Waals surface area contributed by atoms with Crippen LogP contribution in [0.5, 0.6) is 5.75 Å². The summed E-state index contributed by atoms with van der Waals surface area (Å²) in [7, 11) is 0. The second kappa shape index (κ2) is 2.65. The van der Waals surface area contributed by atoms with Gasteiger partial charge in [-0.3, -0.25) is 4.57 Å². The molecular formula is C8H7N3O. The Balaban J connectivity index is 2.55. The highest BCUT2D eigenvalue weighted by Gasteiger charge is 1.99. The molecule has 60 valence electrons. The van der Waals surface area contributed by atoms with Crippen molar-refractivity contribution in [3.05, 3.63) is 36.9 Å². The van der Waals surface area contributed by atoms with E-state index in [1.165, 1.54) is 12.7 Å². The zero-order valence-electron chi connectivity index (χ0n) is 6.25. The van der Waals surface area contributed by atoms with Crippen molar-refractivity contribution in [2.45, 2.75) is 0 Å². The van der Waals surface area contributed by atoms with Gasteiger partial charge in [0.25, 0.3) is 0 Å². The van der Waals surface area contributed by atoms with E-state index in [-0.39, 0.29) is 5.75 Å². The summed E-state index contributed by atoms with van der Waals surface area (Å²) in [6.45, 7) is 0. The topological polar surface area (TPSA) is 50.9 Å². The standard InChI is InChI=1S/C8H7N3O/c12-8-4-2-1-3-7(8)11-5-9-10-6-11/h1-6,12H. The van der Waals surface area contributed by atoms with Crippen molar-refractivity contribution < 1.29 is 5.11 Å². The second-order valence-corrected chi connectivity index (χ2v) is 2.36. The predicted molar refractivity (Wildman–Crippen MR) is 43.0 cm³/mol. The van der Waals surface area contributed by atoms with Crippen molar-refractivity contribution in [2.24, 2.45) is 0 Å². The molecule has 0 radical (unpaired) electrons. The molecule has 4 heteroatoms. The fraction of sp³-hybridized carbons (Fsp3) is 0. The molecule has 0 spiro atoms. The normalized spacial score (nSPS) is 10.0. The van der Waals surface area contributed by atoms with Crippen LogP contribution in [-0.4, -0.2) is 19.9 Å². The third-order valence-electron chi connectivity index (χ3n) is 1.58. The molecule has 0 bridgehead atoms. The van der Waals surface area contributed by atoms with Gasteiger partial charge in [0, 0.05) is 0 Å². The molecule has 1 heterocycles. The first-order valence-electron chi connectivity index (χ1n) is 3.51. The highest BCUT2D eigenvalue weighted by Crippen LogP contribution is 2.18. The van der Waals surface area contributed by atoms with Gasteiger partial charge in [0.1, 0.15) is 18.4 Å². The number of para-hydroxylation sites is 2. The zero-order chi connectivity index (χ0) is 8.39. The maximum atomic E-state index is 9.41. The van der Waals surface area contributed by atoms with E-state index in [1.807, 2.05) is 6.07 Å². The second-order valence-electron chi connectivity index (χ2n) is 2.36. The number of nitrogens with zero attached hydrogens (tertiary/aromatic N) is 3. The fourth-order valence-electron chi connectivity index (χ4n) is 1.01. The molecule has 0 atom stereocenters. The van der Waals surface area contributed by atoms with Crippen molar-refractivity contribution in [1.29, 1.82) is 0 Å². The van der Waals surface area contributed by atoms with E-state index in [4.69, 9.17) is 0 Å². The Morgan fingerprint density at radius 2 is 1.75 bits per heavy atom. The average Bonchev–Trinajstić information content (AvgIpc) is 2.57. The molecule has 0 aliphatic carbocycles. The zero-order valence-corrected chi connectivity index (χ0v) is 6.25. The average molecular weight is 161 g/mol. The van der Waals surface area contributed by atoms with Crippen LogP contribution in [0, 0.1) is 0 Å². The fourth-order valence-corrected chi connectivity index (χ4v) is 1.01. The lowest BCUT2D eigenvalue weighted by Gasteiger charge is -2.01. The number of benzene rings is 1. The maximum absolute atomic E-state index is 9.41. The summed E-state index contributed by atoms with van der Waals surface area (Å²) < 4.78 is 1.65. The van der Waals surface area contributed by atoms with Gasteiger partial charge in [-0.1, -0.05) is 12.1 Å². The van der Waals surface area contributed by atoms with Crippen molar-refractivity contribution in [2.75, 3.05) is 0 Å². The molecule has 0 saturated heterocycles. The number of phenolic OH excluding ortho intramolecular Hbond substituents is 1. The van der Waals surface area contributed by atoms with Crippen LogP contribution in [0.4, 0.5) is 0 Å². The molecule has 0 aliphatic rings. The van der Waals surface area contributed by atoms with Crippen molar-refractivity contribution in [3.8, 4) is 11.4 Å². The molecule has 0 fully saturated rings. The Morgan fingerprint density at radius 3 is 2.42 bits per heavy atom. The van der Waals surface area contributed by atoms with Gasteiger partial charge >= 0.3 is 0 Å². The smallest absolute Gasteiger partial charge is 0.139 e. The van der Waals surface area contributed by atoms with Gasteiger partial charge in [-0.25, -0.2) is 0 Å². The first kappa shape index (κ1) is 6.84. The first-order chi connectivity index (χ1) is 5.88. The van der Waals surface area contributed by atoms with Crippen LogP contribution in [0.15, 0.2) is 36.9 Å². The molecule has 0 amide bonds. The van der Waals surface area contributed by atoms with E-state index in [0.717, 1.165) is 0 Å². The van der Waals surface area contributed by atoms with Gasteiger partial charge in [0.2, 0.25) is 0 Å². The van der Waals surface area contributed by atoms with Gasteiger partial charge in [0.15, 0.2) is 0 Å². The van der Waals surface area contributed by atoms with Crippen molar-refractivity contribution in [3.63, 3.8) is 0 Å².